The molecular formula is C19H15F3N4O. The number of pyridine rings is 1. The second-order valence-corrected chi connectivity index (χ2v) is 6.32. The lowest BCUT2D eigenvalue weighted by atomic mass is 10.1. The standard InChI is InChI=1S/C19H15F3N4O/c20-19(21,22)14-5-3-13(4-6-14)11-25-9-7-17-16(18(25)27)12-26(24-17)15-2-1-8-23-10-15/h1-6,8,10,12H,7,9,11H2. The maximum Gasteiger partial charge on any atom is 0.416 e. The highest BCUT2D eigenvalue weighted by Gasteiger charge is 2.31. The number of carbonyl (C=O) groups is 1. The molecule has 2 aromatic heterocycles. The van der Waals surface area contributed by atoms with Gasteiger partial charge in [0.2, 0.25) is 0 Å². The second-order valence-electron chi connectivity index (χ2n) is 6.32. The fourth-order valence-electron chi connectivity index (χ4n) is 3.08. The Kier molecular flexibility index (Phi) is 4.18. The summed E-state index contributed by atoms with van der Waals surface area (Å²) in [6.07, 6.45) is 1.21. The minimum Gasteiger partial charge on any atom is -0.334 e. The highest BCUT2D eigenvalue weighted by atomic mass is 19.4. The molecule has 8 heteroatoms. The Bertz CT molecular complexity index is 965. The normalized spacial score (nSPS) is 14.3. The van der Waals surface area contributed by atoms with Crippen LogP contribution in [0.5, 0.6) is 0 Å². The zero-order valence-electron chi connectivity index (χ0n) is 14.1. The summed E-state index contributed by atoms with van der Waals surface area (Å²) < 4.78 is 39.6. The van der Waals surface area contributed by atoms with Crippen molar-refractivity contribution in [1.29, 1.82) is 0 Å². The predicted octanol–water partition coefficient (Wildman–Crippen LogP) is 3.48. The van der Waals surface area contributed by atoms with Gasteiger partial charge in [-0.25, -0.2) is 4.68 Å². The number of aromatic nitrogens is 3. The molecule has 1 aliphatic rings. The molecular weight excluding hydrogens is 357 g/mol. The fraction of sp³-hybridized carbons (Fsp3) is 0.211. The van der Waals surface area contributed by atoms with Crippen molar-refractivity contribution in [2.24, 2.45) is 0 Å². The Morgan fingerprint density at radius 1 is 1.11 bits per heavy atom. The first kappa shape index (κ1) is 17.3. The largest absolute Gasteiger partial charge is 0.416 e. The first-order chi connectivity index (χ1) is 12.9. The second kappa shape index (κ2) is 6.53. The number of rotatable bonds is 3. The van der Waals surface area contributed by atoms with Crippen LogP contribution in [0, 0.1) is 0 Å². The summed E-state index contributed by atoms with van der Waals surface area (Å²) in [5, 5.41) is 4.46. The quantitative estimate of drug-likeness (QED) is 0.707. The van der Waals surface area contributed by atoms with Crippen LogP contribution in [-0.4, -0.2) is 32.1 Å². The third-order valence-electron chi connectivity index (χ3n) is 4.49. The molecule has 1 aromatic carbocycles. The van der Waals surface area contributed by atoms with Gasteiger partial charge in [0, 0.05) is 31.9 Å². The van der Waals surface area contributed by atoms with E-state index in [1.807, 2.05) is 6.07 Å². The molecule has 1 aliphatic heterocycles. The van der Waals surface area contributed by atoms with E-state index in [1.165, 1.54) is 12.1 Å². The molecule has 0 N–H and O–H groups in total. The molecule has 4 rings (SSSR count). The van der Waals surface area contributed by atoms with E-state index in [0.717, 1.165) is 17.8 Å². The zero-order valence-corrected chi connectivity index (χ0v) is 14.1. The first-order valence-electron chi connectivity index (χ1n) is 8.36. The molecule has 0 fully saturated rings. The number of fused-ring (bicyclic) bond motifs is 1. The van der Waals surface area contributed by atoms with Gasteiger partial charge in [-0.05, 0) is 29.8 Å². The predicted molar refractivity (Wildman–Crippen MR) is 91.2 cm³/mol. The van der Waals surface area contributed by atoms with Crippen molar-refractivity contribution in [1.82, 2.24) is 19.7 Å². The van der Waals surface area contributed by atoms with Crippen LogP contribution in [0.2, 0.25) is 0 Å². The van der Waals surface area contributed by atoms with E-state index >= 15 is 0 Å². The highest BCUT2D eigenvalue weighted by Crippen LogP contribution is 2.29. The molecule has 138 valence electrons. The van der Waals surface area contributed by atoms with Gasteiger partial charge in [-0.15, -0.1) is 0 Å². The number of amides is 1. The summed E-state index contributed by atoms with van der Waals surface area (Å²) >= 11 is 0. The average molecular weight is 372 g/mol. The molecule has 0 atom stereocenters. The zero-order chi connectivity index (χ0) is 19.0. The third-order valence-corrected chi connectivity index (χ3v) is 4.49. The molecule has 3 heterocycles. The summed E-state index contributed by atoms with van der Waals surface area (Å²) in [6, 6.07) is 8.52. The van der Waals surface area contributed by atoms with Crippen LogP contribution in [0.1, 0.15) is 27.2 Å². The van der Waals surface area contributed by atoms with Crippen LogP contribution in [0.4, 0.5) is 13.2 Å². The van der Waals surface area contributed by atoms with Crippen molar-refractivity contribution in [3.63, 3.8) is 0 Å². The monoisotopic (exact) mass is 372 g/mol. The molecule has 0 radical (unpaired) electrons. The number of alkyl halides is 3. The lowest BCUT2D eigenvalue weighted by Gasteiger charge is -2.26. The van der Waals surface area contributed by atoms with Gasteiger partial charge in [-0.3, -0.25) is 9.78 Å². The number of benzene rings is 1. The lowest BCUT2D eigenvalue weighted by Crippen LogP contribution is -2.36. The SMILES string of the molecule is O=C1c2cn(-c3cccnc3)nc2CCN1Cc1ccc(C(F)(F)F)cc1. The van der Waals surface area contributed by atoms with Crippen LogP contribution in [0.25, 0.3) is 5.69 Å². The van der Waals surface area contributed by atoms with Gasteiger partial charge in [-0.1, -0.05) is 12.1 Å². The van der Waals surface area contributed by atoms with E-state index in [9.17, 15) is 18.0 Å². The van der Waals surface area contributed by atoms with E-state index in [1.54, 1.807) is 34.2 Å². The molecule has 1 amide bonds. The number of carbonyl (C=O) groups excluding carboxylic acids is 1. The minimum atomic E-state index is -4.37. The van der Waals surface area contributed by atoms with Crippen molar-refractivity contribution >= 4 is 5.91 Å². The van der Waals surface area contributed by atoms with Crippen molar-refractivity contribution in [3.05, 3.63) is 77.4 Å². The molecule has 0 unspecified atom stereocenters. The van der Waals surface area contributed by atoms with E-state index in [4.69, 9.17) is 0 Å². The van der Waals surface area contributed by atoms with E-state index in [2.05, 4.69) is 10.1 Å². The Labute approximate surface area is 153 Å². The molecule has 3 aromatic rings. The van der Waals surface area contributed by atoms with Gasteiger partial charge in [0.15, 0.2) is 0 Å². The minimum absolute atomic E-state index is 0.175. The van der Waals surface area contributed by atoms with E-state index < -0.39 is 11.7 Å². The molecule has 0 bridgehead atoms. The molecule has 5 nitrogen and oxygen atoms in total. The average Bonchev–Trinajstić information content (AvgIpc) is 3.10. The van der Waals surface area contributed by atoms with Crippen LogP contribution < -0.4 is 0 Å². The Morgan fingerprint density at radius 3 is 2.56 bits per heavy atom. The van der Waals surface area contributed by atoms with Gasteiger partial charge in [0.05, 0.1) is 28.7 Å². The Morgan fingerprint density at radius 2 is 1.89 bits per heavy atom. The molecule has 0 saturated heterocycles. The van der Waals surface area contributed by atoms with Gasteiger partial charge in [-0.2, -0.15) is 18.3 Å². The topological polar surface area (TPSA) is 51.0 Å². The van der Waals surface area contributed by atoms with Crippen LogP contribution in [0.3, 0.4) is 0 Å². The summed E-state index contributed by atoms with van der Waals surface area (Å²) in [5.41, 5.74) is 1.94. The van der Waals surface area contributed by atoms with Crippen molar-refractivity contribution < 1.29 is 18.0 Å². The summed E-state index contributed by atoms with van der Waals surface area (Å²) in [6.45, 7) is 0.728. The summed E-state index contributed by atoms with van der Waals surface area (Å²) in [5.74, 6) is -0.175. The number of nitrogens with zero attached hydrogens (tertiary/aromatic N) is 4. The van der Waals surface area contributed by atoms with Crippen LogP contribution >= 0.6 is 0 Å². The molecule has 27 heavy (non-hydrogen) atoms. The Balaban J connectivity index is 1.53. The first-order valence-corrected chi connectivity index (χ1v) is 8.36. The smallest absolute Gasteiger partial charge is 0.334 e. The Hall–Kier alpha value is -3.16. The van der Waals surface area contributed by atoms with Gasteiger partial charge >= 0.3 is 6.18 Å². The molecule has 0 spiro atoms. The van der Waals surface area contributed by atoms with Crippen molar-refractivity contribution in [2.45, 2.75) is 19.1 Å². The lowest BCUT2D eigenvalue weighted by molar-refractivity contribution is -0.137. The van der Waals surface area contributed by atoms with Crippen LogP contribution in [0.15, 0.2) is 55.0 Å². The van der Waals surface area contributed by atoms with Crippen molar-refractivity contribution in [2.75, 3.05) is 6.54 Å². The van der Waals surface area contributed by atoms with Gasteiger partial charge < -0.3 is 4.90 Å². The number of hydrogen-bond donors (Lipinski definition) is 0. The number of halogens is 3. The number of hydrogen-bond acceptors (Lipinski definition) is 3. The fourth-order valence-corrected chi connectivity index (χ4v) is 3.08. The highest BCUT2D eigenvalue weighted by molar-refractivity contribution is 5.96. The van der Waals surface area contributed by atoms with E-state index in [-0.39, 0.29) is 12.5 Å². The van der Waals surface area contributed by atoms with E-state index in [0.29, 0.717) is 29.8 Å². The maximum absolute atomic E-state index is 12.8. The molecule has 0 aliphatic carbocycles. The van der Waals surface area contributed by atoms with Crippen molar-refractivity contribution in [3.8, 4) is 5.69 Å². The van der Waals surface area contributed by atoms with Gasteiger partial charge in [0.1, 0.15) is 0 Å². The van der Waals surface area contributed by atoms with Crippen LogP contribution in [-0.2, 0) is 19.1 Å². The van der Waals surface area contributed by atoms with Gasteiger partial charge in [0.25, 0.3) is 5.91 Å². The summed E-state index contributed by atoms with van der Waals surface area (Å²) in [7, 11) is 0. The molecule has 0 saturated carbocycles. The third kappa shape index (κ3) is 3.42. The maximum atomic E-state index is 12.8. The summed E-state index contributed by atoms with van der Waals surface area (Å²) in [4.78, 5) is 18.4.